The van der Waals surface area contributed by atoms with Crippen molar-refractivity contribution in [2.45, 2.75) is 56.8 Å². The van der Waals surface area contributed by atoms with E-state index in [4.69, 9.17) is 4.74 Å². The van der Waals surface area contributed by atoms with E-state index in [1.807, 2.05) is 0 Å². The normalized spacial score (nSPS) is 30.4. The van der Waals surface area contributed by atoms with E-state index in [9.17, 15) is 9.90 Å². The van der Waals surface area contributed by atoms with Gasteiger partial charge in [0.05, 0.1) is 18.3 Å². The average Bonchev–Trinajstić information content (AvgIpc) is 3.11. The Bertz CT molecular complexity index is 471. The van der Waals surface area contributed by atoms with Crippen LogP contribution < -0.4 is 5.32 Å². The second-order valence-electron chi connectivity index (χ2n) is 5.50. The second kappa shape index (κ2) is 6.20. The predicted octanol–water partition coefficient (Wildman–Crippen LogP) is 2.03. The lowest BCUT2D eigenvalue weighted by molar-refractivity contribution is 0.0720. The Labute approximate surface area is 122 Å². The van der Waals surface area contributed by atoms with Gasteiger partial charge >= 0.3 is 0 Å². The van der Waals surface area contributed by atoms with Gasteiger partial charge in [0.1, 0.15) is 16.0 Å². The quantitative estimate of drug-likeness (QED) is 0.895. The van der Waals surface area contributed by atoms with E-state index in [2.05, 4.69) is 10.3 Å². The van der Waals surface area contributed by atoms with Crippen molar-refractivity contribution in [1.29, 1.82) is 0 Å². The summed E-state index contributed by atoms with van der Waals surface area (Å²) in [4.78, 5) is 17.1. The molecule has 1 aromatic heterocycles. The molecule has 6 heteroatoms. The summed E-state index contributed by atoms with van der Waals surface area (Å²) in [5, 5.41) is 13.7. The molecule has 0 spiro atoms. The van der Waals surface area contributed by atoms with Gasteiger partial charge < -0.3 is 15.2 Å². The Balaban J connectivity index is 1.62. The zero-order chi connectivity index (χ0) is 13.9. The Morgan fingerprint density at radius 1 is 1.35 bits per heavy atom. The summed E-state index contributed by atoms with van der Waals surface area (Å²) in [5.41, 5.74) is 0. The van der Waals surface area contributed by atoms with Gasteiger partial charge in [-0.25, -0.2) is 4.98 Å². The maximum absolute atomic E-state index is 12.2. The van der Waals surface area contributed by atoms with Crippen LogP contribution in [0.5, 0.6) is 0 Å². The zero-order valence-electron chi connectivity index (χ0n) is 11.4. The number of rotatable bonds is 3. The Hall–Kier alpha value is -0.980. The molecule has 1 aliphatic carbocycles. The highest BCUT2D eigenvalue weighted by molar-refractivity contribution is 7.13. The summed E-state index contributed by atoms with van der Waals surface area (Å²) in [6.45, 7) is 0.778. The summed E-state index contributed by atoms with van der Waals surface area (Å²) in [7, 11) is 0. The van der Waals surface area contributed by atoms with Gasteiger partial charge in [-0.05, 0) is 25.7 Å². The van der Waals surface area contributed by atoms with E-state index >= 15 is 0 Å². The van der Waals surface area contributed by atoms with E-state index in [1.54, 1.807) is 6.20 Å². The molecule has 0 radical (unpaired) electrons. The molecule has 5 nitrogen and oxygen atoms in total. The minimum atomic E-state index is -0.418. The predicted molar refractivity (Wildman–Crippen MR) is 75.8 cm³/mol. The SMILES string of the molecule is O=C(NC1CCCCC1O)c1cnc(C2CCCO2)s1. The number of hydrogen-bond acceptors (Lipinski definition) is 5. The molecule has 1 saturated heterocycles. The van der Waals surface area contributed by atoms with E-state index in [-0.39, 0.29) is 18.1 Å². The van der Waals surface area contributed by atoms with Gasteiger partial charge in [0, 0.05) is 6.61 Å². The van der Waals surface area contributed by atoms with Crippen molar-refractivity contribution >= 4 is 17.2 Å². The second-order valence-corrected chi connectivity index (χ2v) is 6.56. The van der Waals surface area contributed by atoms with Crippen molar-refractivity contribution in [2.24, 2.45) is 0 Å². The van der Waals surface area contributed by atoms with Crippen molar-refractivity contribution in [1.82, 2.24) is 10.3 Å². The Morgan fingerprint density at radius 2 is 2.20 bits per heavy atom. The van der Waals surface area contributed by atoms with Crippen LogP contribution >= 0.6 is 11.3 Å². The highest BCUT2D eigenvalue weighted by atomic mass is 32.1. The first-order chi connectivity index (χ1) is 9.74. The molecule has 20 heavy (non-hydrogen) atoms. The molecule has 2 fully saturated rings. The number of carbonyl (C=O) groups excluding carboxylic acids is 1. The maximum Gasteiger partial charge on any atom is 0.263 e. The largest absolute Gasteiger partial charge is 0.391 e. The first-order valence-corrected chi connectivity index (χ1v) is 8.12. The maximum atomic E-state index is 12.2. The molecule has 3 unspecified atom stereocenters. The van der Waals surface area contributed by atoms with Crippen LogP contribution in [-0.2, 0) is 4.74 Å². The van der Waals surface area contributed by atoms with Crippen LogP contribution in [0.4, 0.5) is 0 Å². The minimum absolute atomic E-state index is 0.0572. The van der Waals surface area contributed by atoms with Crippen molar-refractivity contribution in [3.63, 3.8) is 0 Å². The van der Waals surface area contributed by atoms with Gasteiger partial charge in [0.15, 0.2) is 0 Å². The molecule has 1 aliphatic heterocycles. The number of hydrogen-bond donors (Lipinski definition) is 2. The van der Waals surface area contributed by atoms with Crippen LogP contribution in [0.1, 0.15) is 59.3 Å². The lowest BCUT2D eigenvalue weighted by Gasteiger charge is -2.28. The fourth-order valence-corrected chi connectivity index (χ4v) is 3.74. The van der Waals surface area contributed by atoms with Crippen LogP contribution in [0.3, 0.4) is 0 Å². The molecular weight excluding hydrogens is 276 g/mol. The summed E-state index contributed by atoms with van der Waals surface area (Å²) in [6, 6.07) is -0.121. The van der Waals surface area contributed by atoms with Gasteiger partial charge in [-0.1, -0.05) is 12.8 Å². The molecule has 1 saturated carbocycles. The molecule has 3 atom stereocenters. The standard InChI is InChI=1S/C14H20N2O3S/c17-10-5-2-1-4-9(10)16-13(18)12-8-15-14(20-12)11-6-3-7-19-11/h8-11,17H,1-7H2,(H,16,18). The molecule has 3 rings (SSSR count). The number of nitrogens with one attached hydrogen (secondary N) is 1. The number of aromatic nitrogens is 1. The zero-order valence-corrected chi connectivity index (χ0v) is 12.2. The van der Waals surface area contributed by atoms with Gasteiger partial charge in [0.2, 0.25) is 0 Å². The smallest absolute Gasteiger partial charge is 0.263 e. The number of nitrogens with zero attached hydrogens (tertiary/aromatic N) is 1. The van der Waals surface area contributed by atoms with Gasteiger partial charge in [-0.15, -0.1) is 11.3 Å². The van der Waals surface area contributed by atoms with Crippen molar-refractivity contribution in [3.8, 4) is 0 Å². The van der Waals surface area contributed by atoms with Crippen LogP contribution in [0.2, 0.25) is 0 Å². The lowest BCUT2D eigenvalue weighted by atomic mass is 9.92. The van der Waals surface area contributed by atoms with E-state index in [1.165, 1.54) is 11.3 Å². The fourth-order valence-electron chi connectivity index (χ4n) is 2.83. The summed E-state index contributed by atoms with van der Waals surface area (Å²) in [6.07, 6.45) is 7.02. The summed E-state index contributed by atoms with van der Waals surface area (Å²) in [5.74, 6) is -0.127. The third-order valence-electron chi connectivity index (χ3n) is 4.00. The lowest BCUT2D eigenvalue weighted by Crippen LogP contribution is -2.44. The van der Waals surface area contributed by atoms with Crippen LogP contribution in [0.25, 0.3) is 0 Å². The van der Waals surface area contributed by atoms with Crippen molar-refractivity contribution in [2.75, 3.05) is 6.61 Å². The number of ether oxygens (including phenoxy) is 1. The van der Waals surface area contributed by atoms with Gasteiger partial charge in [-0.2, -0.15) is 0 Å². The third kappa shape index (κ3) is 3.02. The van der Waals surface area contributed by atoms with E-state index < -0.39 is 6.10 Å². The highest BCUT2D eigenvalue weighted by Crippen LogP contribution is 2.31. The van der Waals surface area contributed by atoms with E-state index in [0.717, 1.165) is 50.1 Å². The third-order valence-corrected chi connectivity index (χ3v) is 5.09. The van der Waals surface area contributed by atoms with Crippen LogP contribution in [0, 0.1) is 0 Å². The molecule has 0 aromatic carbocycles. The van der Waals surface area contributed by atoms with Gasteiger partial charge in [0.25, 0.3) is 5.91 Å². The van der Waals surface area contributed by atoms with Crippen LogP contribution in [0.15, 0.2) is 6.20 Å². The van der Waals surface area contributed by atoms with Gasteiger partial charge in [-0.3, -0.25) is 4.79 Å². The minimum Gasteiger partial charge on any atom is -0.391 e. The number of aliphatic hydroxyl groups is 1. The van der Waals surface area contributed by atoms with E-state index in [0.29, 0.717) is 4.88 Å². The Morgan fingerprint density at radius 3 is 2.95 bits per heavy atom. The summed E-state index contributed by atoms with van der Waals surface area (Å²) >= 11 is 1.40. The molecule has 110 valence electrons. The molecule has 1 amide bonds. The molecule has 2 heterocycles. The number of aliphatic hydroxyl groups excluding tert-OH is 1. The van der Waals surface area contributed by atoms with Crippen molar-refractivity contribution < 1.29 is 14.6 Å². The summed E-state index contributed by atoms with van der Waals surface area (Å²) < 4.78 is 5.58. The molecule has 0 bridgehead atoms. The molecular formula is C14H20N2O3S. The average molecular weight is 296 g/mol. The highest BCUT2D eigenvalue weighted by Gasteiger charge is 2.27. The molecule has 1 aromatic rings. The Kier molecular flexibility index (Phi) is 4.33. The topological polar surface area (TPSA) is 71.5 Å². The first kappa shape index (κ1) is 14.0. The number of amides is 1. The van der Waals surface area contributed by atoms with Crippen LogP contribution in [-0.4, -0.2) is 34.8 Å². The number of thiazole rings is 1. The first-order valence-electron chi connectivity index (χ1n) is 7.30. The molecule has 2 N–H and O–H groups in total. The monoisotopic (exact) mass is 296 g/mol. The van der Waals surface area contributed by atoms with Crippen molar-refractivity contribution in [3.05, 3.63) is 16.1 Å². The fraction of sp³-hybridized carbons (Fsp3) is 0.714. The molecule has 2 aliphatic rings. The number of carbonyl (C=O) groups is 1.